The summed E-state index contributed by atoms with van der Waals surface area (Å²) in [5.41, 5.74) is 6.94. The van der Waals surface area contributed by atoms with Gasteiger partial charge in [0.05, 0.1) is 11.6 Å². The van der Waals surface area contributed by atoms with Crippen LogP contribution in [0, 0.1) is 0 Å². The van der Waals surface area contributed by atoms with Gasteiger partial charge in [0.25, 0.3) is 5.91 Å². The van der Waals surface area contributed by atoms with Crippen molar-refractivity contribution >= 4 is 55.8 Å². The highest BCUT2D eigenvalue weighted by Crippen LogP contribution is 2.42. The number of fused-ring (bicyclic) bond motifs is 5. The van der Waals surface area contributed by atoms with Crippen LogP contribution in [0.15, 0.2) is 144 Å². The molecule has 7 heteroatoms. The molecule has 1 heterocycles. The maximum Gasteiger partial charge on any atom is 0.339 e. The molecule has 1 amide bonds. The predicted molar refractivity (Wildman–Crippen MR) is 233 cm³/mol. The summed E-state index contributed by atoms with van der Waals surface area (Å²) in [7, 11) is 0. The molecular formula is C50H46N3O4+. The molecule has 0 spiro atoms. The van der Waals surface area contributed by atoms with E-state index < -0.39 is 5.97 Å². The number of esters is 1. The molecule has 0 saturated heterocycles. The fourth-order valence-corrected chi connectivity index (χ4v) is 7.94. The zero-order valence-corrected chi connectivity index (χ0v) is 32.8. The van der Waals surface area contributed by atoms with Crippen molar-refractivity contribution < 1.29 is 18.7 Å². The van der Waals surface area contributed by atoms with Gasteiger partial charge in [-0.15, -0.1) is 0 Å². The third-order valence-corrected chi connectivity index (χ3v) is 11.0. The molecule has 1 aliphatic carbocycles. The Morgan fingerprint density at radius 3 is 2.12 bits per heavy atom. The van der Waals surface area contributed by atoms with Crippen molar-refractivity contribution in [3.8, 4) is 22.5 Å². The van der Waals surface area contributed by atoms with Gasteiger partial charge in [0, 0.05) is 64.1 Å². The Labute approximate surface area is 332 Å². The van der Waals surface area contributed by atoms with Crippen LogP contribution < -0.4 is 20.1 Å². The summed E-state index contributed by atoms with van der Waals surface area (Å²) in [4.78, 5) is 29.7. The molecule has 57 heavy (non-hydrogen) atoms. The van der Waals surface area contributed by atoms with E-state index in [1.807, 2.05) is 72.8 Å². The Bertz CT molecular complexity index is 2810. The summed E-state index contributed by atoms with van der Waals surface area (Å²) in [5, 5.41) is 9.39. The highest BCUT2D eigenvalue weighted by molar-refractivity contribution is 6.17. The maximum atomic E-state index is 14.0. The van der Waals surface area contributed by atoms with Gasteiger partial charge in [0.1, 0.15) is 31.0 Å². The Hall–Kier alpha value is -6.73. The highest BCUT2D eigenvalue weighted by Gasteiger charge is 2.24. The van der Waals surface area contributed by atoms with Gasteiger partial charge in [0.2, 0.25) is 5.36 Å². The first-order valence-corrected chi connectivity index (χ1v) is 19.8. The van der Waals surface area contributed by atoms with Crippen molar-refractivity contribution in [2.45, 2.75) is 34.3 Å². The summed E-state index contributed by atoms with van der Waals surface area (Å²) in [5.74, 6) is 0.104. The normalized spacial score (nSPS) is 11.3. The Kier molecular flexibility index (Phi) is 10.6. The number of benzene rings is 7. The highest BCUT2D eigenvalue weighted by atomic mass is 16.5. The van der Waals surface area contributed by atoms with Gasteiger partial charge in [-0.3, -0.25) is 4.79 Å². The second-order valence-electron chi connectivity index (χ2n) is 14.1. The van der Waals surface area contributed by atoms with Crippen molar-refractivity contribution in [2.75, 3.05) is 36.4 Å². The molecule has 0 aromatic heterocycles. The van der Waals surface area contributed by atoms with E-state index in [0.29, 0.717) is 11.1 Å². The van der Waals surface area contributed by atoms with Gasteiger partial charge in [-0.05, 0) is 97.4 Å². The zero-order valence-electron chi connectivity index (χ0n) is 32.8. The van der Waals surface area contributed by atoms with Crippen molar-refractivity contribution in [3.05, 3.63) is 162 Å². The van der Waals surface area contributed by atoms with Gasteiger partial charge >= 0.3 is 5.97 Å². The average Bonchev–Trinajstić information content (AvgIpc) is 3.25. The van der Waals surface area contributed by atoms with Crippen molar-refractivity contribution in [3.63, 3.8) is 0 Å². The van der Waals surface area contributed by atoms with E-state index >= 15 is 0 Å². The molecule has 6 aromatic rings. The third-order valence-electron chi connectivity index (χ3n) is 11.0. The molecule has 0 radical (unpaired) electrons. The standard InChI is InChI=1S/C50H45N3O4/c1-5-52(6-2)36-25-27-43-46(30-36)57-47-31-37(53(7-3)8-4)26-28-44(47)48(43)41-19-13-14-20-42(41)50(55)56-32-33-21-23-34(24-22-33)49(54)51-45-29-35-15-9-10-16-38(35)39-17-11-12-18-40(39)45/h9-31H,5-8,32H2,1-4H3/p+1. The van der Waals surface area contributed by atoms with Crippen molar-refractivity contribution in [1.29, 1.82) is 0 Å². The molecule has 0 bridgehead atoms. The number of nitrogens with zero attached hydrogens (tertiary/aromatic N) is 2. The van der Waals surface area contributed by atoms with E-state index in [9.17, 15) is 9.59 Å². The number of amides is 1. The van der Waals surface area contributed by atoms with Crippen LogP contribution in [0.3, 0.4) is 0 Å². The number of carbonyl (C=O) groups excluding carboxylic acids is 2. The minimum Gasteiger partial charge on any atom is -0.457 e. The molecule has 1 aliphatic heterocycles. The molecule has 284 valence electrons. The number of ether oxygens (including phenoxy) is 1. The third kappa shape index (κ3) is 7.25. The first-order valence-electron chi connectivity index (χ1n) is 19.8. The van der Waals surface area contributed by atoms with Crippen LogP contribution in [0.2, 0.25) is 0 Å². The van der Waals surface area contributed by atoms with E-state index in [0.717, 1.165) is 103 Å². The Balaban J connectivity index is 1.07. The summed E-state index contributed by atoms with van der Waals surface area (Å²) in [6, 6.07) is 45.7. The quantitative estimate of drug-likeness (QED) is 0.0616. The molecule has 0 atom stereocenters. The van der Waals surface area contributed by atoms with E-state index in [1.165, 1.54) is 0 Å². The monoisotopic (exact) mass is 752 g/mol. The number of hydrogen-bond donors (Lipinski definition) is 1. The first kappa shape index (κ1) is 37.2. The SMILES string of the molecule is CCN(CC)c1ccc2c(-c3ccccc3C(=O)OCc3ccc(C(=O)Nc4cc5ccccc5c5ccccc45)cc3)c3ccc(=[N+](CC)CC)cc-3oc2c1. The summed E-state index contributed by atoms with van der Waals surface area (Å²) in [6.45, 7) is 12.2. The summed E-state index contributed by atoms with van der Waals surface area (Å²) in [6.07, 6.45) is 0. The van der Waals surface area contributed by atoms with Crippen LogP contribution in [0.25, 0.3) is 55.0 Å². The summed E-state index contributed by atoms with van der Waals surface area (Å²) < 4.78 is 14.9. The number of nitrogens with one attached hydrogen (secondary N) is 1. The summed E-state index contributed by atoms with van der Waals surface area (Å²) >= 11 is 0. The minimum absolute atomic E-state index is 0.0520. The molecule has 2 aliphatic rings. The van der Waals surface area contributed by atoms with Gasteiger partial charge < -0.3 is 19.4 Å². The number of anilines is 2. The van der Waals surface area contributed by atoms with Gasteiger partial charge in [-0.2, -0.15) is 0 Å². The molecule has 8 rings (SSSR count). The lowest BCUT2D eigenvalue weighted by Gasteiger charge is -2.22. The lowest BCUT2D eigenvalue weighted by molar-refractivity contribution is 0.0473. The van der Waals surface area contributed by atoms with Gasteiger partial charge in [-0.1, -0.05) is 78.9 Å². The van der Waals surface area contributed by atoms with Crippen LogP contribution in [0.4, 0.5) is 11.4 Å². The van der Waals surface area contributed by atoms with Crippen LogP contribution in [0.5, 0.6) is 0 Å². The molecular weight excluding hydrogens is 707 g/mol. The largest absolute Gasteiger partial charge is 0.457 e. The van der Waals surface area contributed by atoms with Crippen molar-refractivity contribution in [2.24, 2.45) is 0 Å². The zero-order chi connectivity index (χ0) is 39.5. The van der Waals surface area contributed by atoms with E-state index in [4.69, 9.17) is 9.15 Å². The molecule has 0 fully saturated rings. The number of hydrogen-bond acceptors (Lipinski definition) is 5. The molecule has 0 saturated carbocycles. The van der Waals surface area contributed by atoms with Gasteiger partial charge in [0.15, 0.2) is 0 Å². The second kappa shape index (κ2) is 16.2. The average molecular weight is 753 g/mol. The van der Waals surface area contributed by atoms with E-state index in [2.05, 4.69) is 97.1 Å². The Morgan fingerprint density at radius 2 is 1.37 bits per heavy atom. The topological polar surface area (TPSA) is 74.8 Å². The first-order chi connectivity index (χ1) is 27.9. The fourth-order valence-electron chi connectivity index (χ4n) is 7.94. The lowest BCUT2D eigenvalue weighted by Crippen LogP contribution is -2.29. The van der Waals surface area contributed by atoms with E-state index in [-0.39, 0.29) is 12.5 Å². The van der Waals surface area contributed by atoms with Crippen LogP contribution in [0.1, 0.15) is 54.0 Å². The maximum absolute atomic E-state index is 14.0. The molecule has 7 nitrogen and oxygen atoms in total. The van der Waals surface area contributed by atoms with Crippen molar-refractivity contribution in [1.82, 2.24) is 4.58 Å². The smallest absolute Gasteiger partial charge is 0.339 e. The fraction of sp³-hybridized carbons (Fsp3) is 0.180. The molecule has 0 unspecified atom stereocenters. The van der Waals surface area contributed by atoms with Crippen LogP contribution >= 0.6 is 0 Å². The van der Waals surface area contributed by atoms with Crippen LogP contribution in [-0.4, -0.2) is 38.1 Å². The minimum atomic E-state index is -0.433. The predicted octanol–water partition coefficient (Wildman–Crippen LogP) is 10.8. The number of rotatable bonds is 11. The molecule has 6 aromatic carbocycles. The molecule has 1 N–H and O–H groups in total. The van der Waals surface area contributed by atoms with E-state index in [1.54, 1.807) is 12.1 Å². The second-order valence-corrected chi connectivity index (χ2v) is 14.1. The Morgan fingerprint density at radius 1 is 0.667 bits per heavy atom. The lowest BCUT2D eigenvalue weighted by atomic mass is 9.90. The number of carbonyl (C=O) groups is 2. The van der Waals surface area contributed by atoms with Gasteiger partial charge in [-0.25, -0.2) is 9.37 Å². The van der Waals surface area contributed by atoms with Crippen LogP contribution in [-0.2, 0) is 11.3 Å².